The van der Waals surface area contributed by atoms with Crippen molar-refractivity contribution in [3.63, 3.8) is 0 Å². The molecule has 96 valence electrons. The third-order valence-corrected chi connectivity index (χ3v) is 3.41. The SMILES string of the molecule is CC[C@H](C)[NH2+]Cc1ccc(-c2ccc(Cl)cc2)o1. The fraction of sp³-hybridized carbons (Fsp3) is 0.333. The molecule has 2 rings (SSSR count). The highest BCUT2D eigenvalue weighted by Gasteiger charge is 2.07. The molecule has 1 atom stereocenters. The lowest BCUT2D eigenvalue weighted by Crippen LogP contribution is -2.87. The summed E-state index contributed by atoms with van der Waals surface area (Å²) in [6, 6.07) is 12.4. The maximum Gasteiger partial charge on any atom is 0.158 e. The van der Waals surface area contributed by atoms with Crippen LogP contribution in [0.3, 0.4) is 0 Å². The lowest BCUT2D eigenvalue weighted by atomic mass is 10.2. The van der Waals surface area contributed by atoms with Crippen LogP contribution in [0.1, 0.15) is 26.0 Å². The van der Waals surface area contributed by atoms with Gasteiger partial charge in [0.15, 0.2) is 5.76 Å². The first-order valence-electron chi connectivity index (χ1n) is 6.37. The van der Waals surface area contributed by atoms with Crippen LogP contribution >= 0.6 is 11.6 Å². The smallest absolute Gasteiger partial charge is 0.158 e. The van der Waals surface area contributed by atoms with Gasteiger partial charge < -0.3 is 9.73 Å². The third kappa shape index (κ3) is 3.37. The summed E-state index contributed by atoms with van der Waals surface area (Å²) >= 11 is 5.87. The first-order valence-corrected chi connectivity index (χ1v) is 6.75. The van der Waals surface area contributed by atoms with Gasteiger partial charge in [0.2, 0.25) is 0 Å². The maximum absolute atomic E-state index is 5.87. The van der Waals surface area contributed by atoms with Crippen molar-refractivity contribution in [1.82, 2.24) is 0 Å². The first kappa shape index (κ1) is 13.2. The Hall–Kier alpha value is -1.25. The molecule has 0 saturated heterocycles. The zero-order valence-corrected chi connectivity index (χ0v) is 11.6. The van der Waals surface area contributed by atoms with Gasteiger partial charge >= 0.3 is 0 Å². The Morgan fingerprint density at radius 2 is 1.89 bits per heavy atom. The van der Waals surface area contributed by atoms with E-state index in [4.69, 9.17) is 16.0 Å². The summed E-state index contributed by atoms with van der Waals surface area (Å²) in [5.74, 6) is 1.92. The normalized spacial score (nSPS) is 12.6. The van der Waals surface area contributed by atoms with E-state index in [0.717, 1.165) is 28.7 Å². The number of benzene rings is 1. The Labute approximate surface area is 113 Å². The van der Waals surface area contributed by atoms with Gasteiger partial charge in [-0.3, -0.25) is 0 Å². The lowest BCUT2D eigenvalue weighted by molar-refractivity contribution is -0.703. The van der Waals surface area contributed by atoms with Crippen LogP contribution < -0.4 is 5.32 Å². The molecule has 0 saturated carbocycles. The van der Waals surface area contributed by atoms with E-state index >= 15 is 0 Å². The van der Waals surface area contributed by atoms with Crippen molar-refractivity contribution in [1.29, 1.82) is 0 Å². The van der Waals surface area contributed by atoms with Gasteiger partial charge in [0.05, 0.1) is 6.04 Å². The van der Waals surface area contributed by atoms with Crippen molar-refractivity contribution in [2.75, 3.05) is 0 Å². The van der Waals surface area contributed by atoms with Gasteiger partial charge in [-0.15, -0.1) is 0 Å². The molecular weight excluding hydrogens is 246 g/mol. The standard InChI is InChI=1S/C15H18ClNO/c1-3-11(2)17-10-14-8-9-15(18-14)12-4-6-13(16)7-5-12/h4-9,11,17H,3,10H2,1-2H3/p+1/t11-/m0/s1. The Morgan fingerprint density at radius 1 is 1.17 bits per heavy atom. The van der Waals surface area contributed by atoms with Crippen molar-refractivity contribution in [2.24, 2.45) is 0 Å². The molecule has 1 aromatic heterocycles. The van der Waals surface area contributed by atoms with E-state index < -0.39 is 0 Å². The molecule has 0 aliphatic rings. The molecule has 18 heavy (non-hydrogen) atoms. The quantitative estimate of drug-likeness (QED) is 0.881. The third-order valence-electron chi connectivity index (χ3n) is 3.16. The number of hydrogen-bond donors (Lipinski definition) is 1. The van der Waals surface area contributed by atoms with Crippen LogP contribution in [0, 0.1) is 0 Å². The van der Waals surface area contributed by atoms with Gasteiger partial charge in [0.25, 0.3) is 0 Å². The van der Waals surface area contributed by atoms with Crippen molar-refractivity contribution in [3.8, 4) is 11.3 Å². The van der Waals surface area contributed by atoms with Gasteiger partial charge in [-0.1, -0.05) is 18.5 Å². The summed E-state index contributed by atoms with van der Waals surface area (Å²) in [4.78, 5) is 0. The van der Waals surface area contributed by atoms with Crippen molar-refractivity contribution < 1.29 is 9.73 Å². The monoisotopic (exact) mass is 264 g/mol. The van der Waals surface area contributed by atoms with Crippen LogP contribution in [-0.2, 0) is 6.54 Å². The van der Waals surface area contributed by atoms with Gasteiger partial charge in [-0.05, 0) is 49.7 Å². The van der Waals surface area contributed by atoms with Crippen molar-refractivity contribution in [2.45, 2.75) is 32.9 Å². The predicted molar refractivity (Wildman–Crippen MR) is 74.5 cm³/mol. The van der Waals surface area contributed by atoms with E-state index in [9.17, 15) is 0 Å². The molecule has 0 aliphatic heterocycles. The summed E-state index contributed by atoms with van der Waals surface area (Å²) in [5, 5.41) is 3.04. The average molecular weight is 265 g/mol. The van der Waals surface area contributed by atoms with Crippen LogP contribution in [0.5, 0.6) is 0 Å². The zero-order chi connectivity index (χ0) is 13.0. The Morgan fingerprint density at radius 3 is 2.56 bits per heavy atom. The highest BCUT2D eigenvalue weighted by atomic mass is 35.5. The molecule has 1 heterocycles. The molecule has 0 amide bonds. The molecule has 0 fully saturated rings. The van der Waals surface area contributed by atoms with Crippen LogP contribution in [0.4, 0.5) is 0 Å². The summed E-state index contributed by atoms with van der Waals surface area (Å²) in [7, 11) is 0. The van der Waals surface area contributed by atoms with Gasteiger partial charge in [0, 0.05) is 10.6 Å². The van der Waals surface area contributed by atoms with Crippen LogP contribution in [-0.4, -0.2) is 6.04 Å². The fourth-order valence-electron chi connectivity index (χ4n) is 1.74. The predicted octanol–water partition coefficient (Wildman–Crippen LogP) is 3.46. The summed E-state index contributed by atoms with van der Waals surface area (Å²) in [6.45, 7) is 5.31. The molecule has 2 nitrogen and oxygen atoms in total. The van der Waals surface area contributed by atoms with Crippen LogP contribution in [0.25, 0.3) is 11.3 Å². The molecule has 1 aromatic carbocycles. The topological polar surface area (TPSA) is 29.8 Å². The van der Waals surface area contributed by atoms with Crippen LogP contribution in [0.2, 0.25) is 5.02 Å². The van der Waals surface area contributed by atoms with Gasteiger partial charge in [-0.25, -0.2) is 0 Å². The molecule has 2 N–H and O–H groups in total. The van der Waals surface area contributed by atoms with Gasteiger partial charge in [0.1, 0.15) is 12.3 Å². The highest BCUT2D eigenvalue weighted by Crippen LogP contribution is 2.23. The molecular formula is C15H19ClNO+. The summed E-state index contributed by atoms with van der Waals surface area (Å²) in [5.41, 5.74) is 1.06. The minimum atomic E-state index is 0.633. The molecule has 3 heteroatoms. The molecule has 0 radical (unpaired) electrons. The van der Waals surface area contributed by atoms with E-state index in [1.807, 2.05) is 36.4 Å². The number of quaternary nitrogens is 1. The second-order valence-corrected chi connectivity index (χ2v) is 5.03. The molecule has 0 bridgehead atoms. The van der Waals surface area contributed by atoms with Crippen LogP contribution in [0.15, 0.2) is 40.8 Å². The second kappa shape index (κ2) is 6.07. The van der Waals surface area contributed by atoms with Gasteiger partial charge in [-0.2, -0.15) is 0 Å². The zero-order valence-electron chi connectivity index (χ0n) is 10.8. The number of rotatable bonds is 5. The summed E-state index contributed by atoms with van der Waals surface area (Å²) in [6.07, 6.45) is 1.17. The lowest BCUT2D eigenvalue weighted by Gasteiger charge is -2.05. The molecule has 2 aromatic rings. The second-order valence-electron chi connectivity index (χ2n) is 4.60. The molecule has 0 unspecified atom stereocenters. The molecule has 0 aliphatic carbocycles. The van der Waals surface area contributed by atoms with E-state index in [1.165, 1.54) is 6.42 Å². The minimum absolute atomic E-state index is 0.633. The summed E-state index contributed by atoms with van der Waals surface area (Å²) < 4.78 is 5.83. The van der Waals surface area contributed by atoms with Crippen molar-refractivity contribution >= 4 is 11.6 Å². The highest BCUT2D eigenvalue weighted by molar-refractivity contribution is 6.30. The number of furan rings is 1. The number of hydrogen-bond acceptors (Lipinski definition) is 1. The van der Waals surface area contributed by atoms with E-state index in [-0.39, 0.29) is 0 Å². The van der Waals surface area contributed by atoms with Crippen molar-refractivity contribution in [3.05, 3.63) is 47.2 Å². The van der Waals surface area contributed by atoms with E-state index in [0.29, 0.717) is 6.04 Å². The molecule has 0 spiro atoms. The Balaban J connectivity index is 2.03. The Kier molecular flexibility index (Phi) is 4.45. The largest absolute Gasteiger partial charge is 0.455 e. The fourth-order valence-corrected chi connectivity index (χ4v) is 1.87. The van der Waals surface area contributed by atoms with E-state index in [2.05, 4.69) is 19.2 Å². The number of nitrogens with two attached hydrogens (primary N) is 1. The first-order chi connectivity index (χ1) is 8.69. The minimum Gasteiger partial charge on any atom is -0.455 e. The average Bonchev–Trinajstić information content (AvgIpc) is 2.85. The van der Waals surface area contributed by atoms with E-state index in [1.54, 1.807) is 0 Å². The number of halogens is 1. The Bertz CT molecular complexity index is 489. The maximum atomic E-state index is 5.87.